The van der Waals surface area contributed by atoms with Crippen molar-refractivity contribution in [2.45, 2.75) is 45.1 Å². The highest BCUT2D eigenvalue weighted by Gasteiger charge is 2.38. The van der Waals surface area contributed by atoms with Gasteiger partial charge in [0.1, 0.15) is 5.41 Å². The molecule has 1 amide bonds. The minimum Gasteiger partial charge on any atom is -0.349 e. The van der Waals surface area contributed by atoms with Crippen molar-refractivity contribution in [2.75, 3.05) is 0 Å². The molecule has 5 nitrogen and oxygen atoms in total. The number of carbonyl (C=O) groups is 1. The van der Waals surface area contributed by atoms with Crippen LogP contribution in [0.25, 0.3) is 0 Å². The lowest BCUT2D eigenvalue weighted by atomic mass is 9.81. The Bertz CT molecular complexity index is 458. The van der Waals surface area contributed by atoms with Gasteiger partial charge in [0.2, 0.25) is 5.91 Å². The minimum absolute atomic E-state index is 0.164. The lowest BCUT2D eigenvalue weighted by Gasteiger charge is -2.23. The summed E-state index contributed by atoms with van der Waals surface area (Å²) in [6.07, 6.45) is 7.04. The fraction of sp³-hybridized carbons (Fsp3) is 0.571. The Balaban J connectivity index is 1.99. The van der Waals surface area contributed by atoms with E-state index in [1.54, 1.807) is 18.3 Å². The average molecular weight is 258 g/mol. The summed E-state index contributed by atoms with van der Waals surface area (Å²) in [6, 6.07) is 5.83. The molecule has 0 unspecified atom stereocenters. The first-order valence-corrected chi connectivity index (χ1v) is 6.73. The molecule has 1 fully saturated rings. The molecule has 0 atom stereocenters. The Morgan fingerprint density at radius 3 is 2.68 bits per heavy atom. The van der Waals surface area contributed by atoms with Gasteiger partial charge in [-0.15, -0.1) is 0 Å². The van der Waals surface area contributed by atoms with Gasteiger partial charge in [-0.2, -0.15) is 15.5 Å². The summed E-state index contributed by atoms with van der Waals surface area (Å²) in [5, 5.41) is 19.9. The number of amides is 1. The number of aromatic nitrogens is 2. The van der Waals surface area contributed by atoms with E-state index in [0.29, 0.717) is 25.1 Å². The van der Waals surface area contributed by atoms with Crippen molar-refractivity contribution >= 4 is 5.91 Å². The van der Waals surface area contributed by atoms with Crippen LogP contribution in [-0.2, 0) is 11.3 Å². The number of hydrogen-bond acceptors (Lipinski definition) is 4. The molecule has 0 bridgehead atoms. The van der Waals surface area contributed by atoms with Crippen LogP contribution in [0.1, 0.15) is 44.2 Å². The van der Waals surface area contributed by atoms with Gasteiger partial charge < -0.3 is 5.32 Å². The molecular formula is C14H18N4O. The molecule has 0 saturated heterocycles. The lowest BCUT2D eigenvalue weighted by molar-refractivity contribution is -0.129. The Hall–Kier alpha value is -1.96. The van der Waals surface area contributed by atoms with E-state index in [2.05, 4.69) is 21.6 Å². The number of nitrogens with zero attached hydrogens (tertiary/aromatic N) is 3. The largest absolute Gasteiger partial charge is 0.349 e. The summed E-state index contributed by atoms with van der Waals surface area (Å²) in [5.74, 6) is -0.164. The summed E-state index contributed by atoms with van der Waals surface area (Å²) in [7, 11) is 0. The number of hydrogen-bond donors (Lipinski definition) is 1. The van der Waals surface area contributed by atoms with Crippen LogP contribution in [0, 0.1) is 16.7 Å². The Kier molecular flexibility index (Phi) is 4.45. The molecule has 0 radical (unpaired) electrons. The summed E-state index contributed by atoms with van der Waals surface area (Å²) in [5.41, 5.74) is -0.142. The monoisotopic (exact) mass is 258 g/mol. The SMILES string of the molecule is N#CC1(C(=O)NCc2cccnn2)CCCCCC1. The van der Waals surface area contributed by atoms with Crippen molar-refractivity contribution in [2.24, 2.45) is 5.41 Å². The van der Waals surface area contributed by atoms with Gasteiger partial charge in [-0.3, -0.25) is 4.79 Å². The minimum atomic E-state index is -0.849. The zero-order chi connectivity index (χ0) is 13.6. The zero-order valence-corrected chi connectivity index (χ0v) is 10.9. The van der Waals surface area contributed by atoms with Crippen LogP contribution in [0.15, 0.2) is 18.3 Å². The van der Waals surface area contributed by atoms with E-state index in [-0.39, 0.29) is 5.91 Å². The topological polar surface area (TPSA) is 78.7 Å². The Morgan fingerprint density at radius 2 is 2.11 bits per heavy atom. The van der Waals surface area contributed by atoms with Crippen LogP contribution in [-0.4, -0.2) is 16.1 Å². The first kappa shape index (κ1) is 13.5. The molecule has 1 aromatic heterocycles. The molecule has 1 heterocycles. The Labute approximate surface area is 113 Å². The van der Waals surface area contributed by atoms with Crippen LogP contribution < -0.4 is 5.32 Å². The fourth-order valence-corrected chi connectivity index (χ4v) is 2.49. The summed E-state index contributed by atoms with van der Waals surface area (Å²) < 4.78 is 0. The maximum Gasteiger partial charge on any atom is 0.240 e. The van der Waals surface area contributed by atoms with Gasteiger partial charge in [-0.05, 0) is 25.0 Å². The van der Waals surface area contributed by atoms with Crippen LogP contribution in [0.2, 0.25) is 0 Å². The normalized spacial score (nSPS) is 18.1. The van der Waals surface area contributed by atoms with Gasteiger partial charge in [0, 0.05) is 6.20 Å². The maximum absolute atomic E-state index is 12.3. The summed E-state index contributed by atoms with van der Waals surface area (Å²) in [6.45, 7) is 0.329. The average Bonchev–Trinajstić information content (AvgIpc) is 2.72. The van der Waals surface area contributed by atoms with Gasteiger partial charge in [-0.25, -0.2) is 0 Å². The van der Waals surface area contributed by atoms with Crippen molar-refractivity contribution in [1.82, 2.24) is 15.5 Å². The molecule has 1 aliphatic rings. The first-order valence-electron chi connectivity index (χ1n) is 6.73. The van der Waals surface area contributed by atoms with Crippen LogP contribution >= 0.6 is 0 Å². The van der Waals surface area contributed by atoms with Crippen molar-refractivity contribution in [3.63, 3.8) is 0 Å². The van der Waals surface area contributed by atoms with E-state index in [1.807, 2.05) is 0 Å². The van der Waals surface area contributed by atoms with Gasteiger partial charge in [-0.1, -0.05) is 25.7 Å². The van der Waals surface area contributed by atoms with Crippen molar-refractivity contribution in [1.29, 1.82) is 5.26 Å². The van der Waals surface area contributed by atoms with Crippen LogP contribution in [0.4, 0.5) is 0 Å². The fourth-order valence-electron chi connectivity index (χ4n) is 2.49. The van der Waals surface area contributed by atoms with Crippen molar-refractivity contribution in [3.05, 3.63) is 24.0 Å². The molecule has 0 aliphatic heterocycles. The standard InChI is InChI=1S/C14H18N4O/c15-11-14(7-3-1-2-4-8-14)13(19)16-10-12-6-5-9-17-18-12/h5-6,9H,1-4,7-8,10H2,(H,16,19). The smallest absolute Gasteiger partial charge is 0.240 e. The summed E-state index contributed by atoms with van der Waals surface area (Å²) >= 11 is 0. The molecule has 5 heteroatoms. The first-order chi connectivity index (χ1) is 9.27. The number of nitrogens with one attached hydrogen (secondary N) is 1. The highest BCUT2D eigenvalue weighted by molar-refractivity contribution is 5.85. The maximum atomic E-state index is 12.3. The zero-order valence-electron chi connectivity index (χ0n) is 10.9. The number of nitriles is 1. The third kappa shape index (κ3) is 3.28. The summed E-state index contributed by atoms with van der Waals surface area (Å²) in [4.78, 5) is 12.3. The van der Waals surface area contributed by atoms with Crippen molar-refractivity contribution < 1.29 is 4.79 Å². The Morgan fingerprint density at radius 1 is 1.37 bits per heavy atom. The van der Waals surface area contributed by atoms with Gasteiger partial charge in [0.15, 0.2) is 0 Å². The molecule has 19 heavy (non-hydrogen) atoms. The molecule has 0 aromatic carbocycles. The highest BCUT2D eigenvalue weighted by Crippen LogP contribution is 2.34. The quantitative estimate of drug-likeness (QED) is 0.840. The predicted octanol–water partition coefficient (Wildman–Crippen LogP) is 1.96. The third-order valence-corrected chi connectivity index (χ3v) is 3.66. The number of rotatable bonds is 3. The van der Waals surface area contributed by atoms with Crippen LogP contribution in [0.5, 0.6) is 0 Å². The lowest BCUT2D eigenvalue weighted by Crippen LogP contribution is -2.39. The van der Waals surface area contributed by atoms with E-state index in [4.69, 9.17) is 0 Å². The molecule has 1 aliphatic carbocycles. The number of carbonyl (C=O) groups excluding carboxylic acids is 1. The van der Waals surface area contributed by atoms with E-state index in [0.717, 1.165) is 25.7 Å². The highest BCUT2D eigenvalue weighted by atomic mass is 16.2. The molecule has 0 spiro atoms. The third-order valence-electron chi connectivity index (χ3n) is 3.66. The second kappa shape index (κ2) is 6.28. The van der Waals surface area contributed by atoms with E-state index >= 15 is 0 Å². The van der Waals surface area contributed by atoms with Gasteiger partial charge >= 0.3 is 0 Å². The molecule has 1 saturated carbocycles. The van der Waals surface area contributed by atoms with E-state index in [1.165, 1.54) is 0 Å². The second-order valence-corrected chi connectivity index (χ2v) is 5.01. The van der Waals surface area contributed by atoms with Crippen LogP contribution in [0.3, 0.4) is 0 Å². The molecule has 1 N–H and O–H groups in total. The molecule has 1 aromatic rings. The van der Waals surface area contributed by atoms with E-state index < -0.39 is 5.41 Å². The predicted molar refractivity (Wildman–Crippen MR) is 69.6 cm³/mol. The van der Waals surface area contributed by atoms with E-state index in [9.17, 15) is 10.1 Å². The van der Waals surface area contributed by atoms with Gasteiger partial charge in [0.05, 0.1) is 18.3 Å². The van der Waals surface area contributed by atoms with Gasteiger partial charge in [0.25, 0.3) is 0 Å². The molecule has 100 valence electrons. The van der Waals surface area contributed by atoms with Crippen molar-refractivity contribution in [3.8, 4) is 6.07 Å². The molecular weight excluding hydrogens is 240 g/mol. The molecule has 2 rings (SSSR count). The second-order valence-electron chi connectivity index (χ2n) is 5.01.